The summed E-state index contributed by atoms with van der Waals surface area (Å²) in [5.41, 5.74) is 0.185. The van der Waals surface area contributed by atoms with Crippen LogP contribution in [0, 0.1) is 5.82 Å². The summed E-state index contributed by atoms with van der Waals surface area (Å²) >= 11 is 6.55. The molecular formula is C54H57ClFN9O13. The Morgan fingerprint density at radius 3 is 2.31 bits per heavy atom. The first kappa shape index (κ1) is 54.9. The average Bonchev–Trinajstić information content (AvgIpc) is 4.07. The van der Waals surface area contributed by atoms with E-state index in [-0.39, 0.29) is 86.1 Å². The van der Waals surface area contributed by atoms with Gasteiger partial charge >= 0.3 is 5.97 Å². The van der Waals surface area contributed by atoms with Crippen LogP contribution in [0.1, 0.15) is 97.6 Å². The number of carbonyl (C=O) groups excluding carboxylic acids is 9. The fourth-order valence-electron chi connectivity index (χ4n) is 10.4. The molecule has 2 aromatic heterocycles. The number of benzene rings is 2. The highest BCUT2D eigenvalue weighted by atomic mass is 35.5. The Morgan fingerprint density at radius 2 is 1.58 bits per heavy atom. The molecule has 5 heterocycles. The topological polar surface area (TPSA) is 303 Å². The molecule has 2 aliphatic carbocycles. The second-order valence-corrected chi connectivity index (χ2v) is 20.3. The van der Waals surface area contributed by atoms with Gasteiger partial charge < -0.3 is 51.0 Å². The molecule has 3 atom stereocenters. The number of aliphatic hydroxyl groups is 1. The van der Waals surface area contributed by atoms with Crippen molar-refractivity contribution in [2.75, 3.05) is 39.5 Å². The molecule has 24 heteroatoms. The Labute approximate surface area is 450 Å². The number of halogens is 2. The summed E-state index contributed by atoms with van der Waals surface area (Å²) in [6, 6.07) is 10.4. The third-order valence-corrected chi connectivity index (χ3v) is 15.3. The van der Waals surface area contributed by atoms with Gasteiger partial charge in [-0.2, -0.15) is 0 Å². The molecule has 0 spiro atoms. The van der Waals surface area contributed by atoms with E-state index in [1.165, 1.54) is 22.8 Å². The molecule has 9 rings (SSSR count). The predicted molar refractivity (Wildman–Crippen MR) is 275 cm³/mol. The molecule has 0 bridgehead atoms. The number of carbonyl (C=O) groups is 9. The van der Waals surface area contributed by atoms with E-state index in [9.17, 15) is 53.1 Å². The first-order valence-electron chi connectivity index (χ1n) is 25.8. The van der Waals surface area contributed by atoms with Gasteiger partial charge in [-0.3, -0.25) is 48.1 Å². The summed E-state index contributed by atoms with van der Waals surface area (Å²) in [4.78, 5) is 134. The summed E-state index contributed by atoms with van der Waals surface area (Å²) in [6.07, 6.45) is 5.59. The second kappa shape index (κ2) is 23.0. The van der Waals surface area contributed by atoms with Crippen LogP contribution in [0.2, 0.25) is 5.02 Å². The molecule has 1 saturated carbocycles. The first-order chi connectivity index (χ1) is 37.4. The van der Waals surface area contributed by atoms with E-state index in [0.29, 0.717) is 83.9 Å². The van der Waals surface area contributed by atoms with Crippen molar-refractivity contribution in [3.63, 3.8) is 0 Å². The van der Waals surface area contributed by atoms with E-state index < -0.39 is 89.7 Å². The molecule has 1 unspecified atom stereocenters. The highest BCUT2D eigenvalue weighted by Crippen LogP contribution is 2.48. The Bertz CT molecular complexity index is 3240. The Hall–Kier alpha value is -7.89. The second-order valence-electron chi connectivity index (χ2n) is 19.9. The van der Waals surface area contributed by atoms with Gasteiger partial charge in [-0.1, -0.05) is 55.3 Å². The monoisotopic (exact) mass is 1090 g/mol. The SMILES string of the molecule is CC[C@@]1(O)C(=O)OCc2c1cc1n(c2=O)Cc2c-1nc1cc(F)c(Cl)c3c1c2C(CNC(=O)C1(OCNC(=O)CNC(=O)[C@H](Cc2ccccc2)NC(=O)CNC(=O)CNC(=O)CCCCCN2C(=O)C=CC2=O)CC1)CC3. The fourth-order valence-corrected chi connectivity index (χ4v) is 10.6. The molecule has 0 radical (unpaired) electrons. The molecule has 78 heavy (non-hydrogen) atoms. The van der Waals surface area contributed by atoms with Crippen molar-refractivity contribution in [2.45, 2.75) is 107 Å². The normalized spacial score (nSPS) is 18.5. The van der Waals surface area contributed by atoms with E-state index in [0.717, 1.165) is 10.5 Å². The van der Waals surface area contributed by atoms with E-state index >= 15 is 4.39 Å². The Morgan fingerprint density at radius 1 is 0.872 bits per heavy atom. The maximum absolute atomic E-state index is 15.3. The van der Waals surface area contributed by atoms with Gasteiger partial charge in [0.05, 0.1) is 53.7 Å². The van der Waals surface area contributed by atoms with E-state index in [1.807, 2.05) is 0 Å². The summed E-state index contributed by atoms with van der Waals surface area (Å²) in [5, 5.41) is 27.5. The number of rotatable bonds is 23. The summed E-state index contributed by atoms with van der Waals surface area (Å²) in [6.45, 7) is -0.0858. The number of nitrogens with one attached hydrogen (secondary N) is 6. The quantitative estimate of drug-likeness (QED) is 0.0210. The van der Waals surface area contributed by atoms with Crippen LogP contribution in [0.5, 0.6) is 0 Å². The summed E-state index contributed by atoms with van der Waals surface area (Å²) in [5.74, 6) is -6.17. The van der Waals surface area contributed by atoms with E-state index in [1.54, 1.807) is 43.3 Å². The minimum atomic E-state index is -2.05. The van der Waals surface area contributed by atoms with Crippen molar-refractivity contribution >= 4 is 75.7 Å². The van der Waals surface area contributed by atoms with Crippen molar-refractivity contribution in [1.29, 1.82) is 0 Å². The van der Waals surface area contributed by atoms with Crippen molar-refractivity contribution in [3.05, 3.63) is 109 Å². The van der Waals surface area contributed by atoms with Crippen LogP contribution in [0.15, 0.2) is 59.4 Å². The molecule has 3 aliphatic heterocycles. The average molecular weight is 1090 g/mol. The summed E-state index contributed by atoms with van der Waals surface area (Å²) in [7, 11) is 0. The van der Waals surface area contributed by atoms with Crippen LogP contribution < -0.4 is 37.5 Å². The van der Waals surface area contributed by atoms with Gasteiger partial charge in [0.2, 0.25) is 29.5 Å². The first-order valence-corrected chi connectivity index (χ1v) is 26.2. The Balaban J connectivity index is 0.751. The van der Waals surface area contributed by atoms with Crippen LogP contribution >= 0.6 is 11.6 Å². The fraction of sp³-hybridized carbons (Fsp3) is 0.426. The number of nitrogens with zero attached hydrogens (tertiary/aromatic N) is 3. The number of ether oxygens (including phenoxy) is 2. The van der Waals surface area contributed by atoms with Crippen LogP contribution in [0.4, 0.5) is 4.39 Å². The number of hydrogen-bond acceptors (Lipinski definition) is 14. The minimum Gasteiger partial charge on any atom is -0.458 e. The number of aryl methyl sites for hydroxylation is 1. The predicted octanol–water partition coefficient (Wildman–Crippen LogP) is 1.20. The van der Waals surface area contributed by atoms with Gasteiger partial charge in [0.25, 0.3) is 23.3 Å². The summed E-state index contributed by atoms with van der Waals surface area (Å²) < 4.78 is 28.0. The molecule has 2 aromatic carbocycles. The number of esters is 1. The lowest BCUT2D eigenvalue weighted by Gasteiger charge is -2.31. The molecule has 0 saturated heterocycles. The standard InChI is InChI=1S/C54H57ClFN9O13/c1-2-54(76)34-20-38-48-32(26-65(38)50(73)33(34)27-77-52(54)75)45-30(12-13-31-46(45)36(63-48)21-35(56)47(31)55)22-60-51(74)53(16-17-53)78-28-61-41(68)24-59-49(72)37(19-29-9-5-3-6-10-29)62-42(69)25-58-40(67)23-57-39(66)11-7-4-8-18-64-43(70)14-15-44(64)71/h3,5-6,9-10,14-15,20-21,30,37,76H,2,4,7-8,11-13,16-19,22-28H2,1H3,(H,57,66)(H,58,67)(H,59,72)(H,60,74)(H,61,68)(H,62,69)/t30?,37-,54-/m0/s1. The number of fused-ring (bicyclic) bond motifs is 5. The Kier molecular flexibility index (Phi) is 16.2. The third kappa shape index (κ3) is 11.4. The molecular weight excluding hydrogens is 1040 g/mol. The van der Waals surface area contributed by atoms with Crippen molar-refractivity contribution in [3.8, 4) is 11.4 Å². The molecule has 7 N–H and O–H groups in total. The maximum Gasteiger partial charge on any atom is 0.343 e. The van der Waals surface area contributed by atoms with E-state index in [2.05, 4.69) is 31.9 Å². The zero-order valence-electron chi connectivity index (χ0n) is 42.5. The number of unbranched alkanes of at least 4 members (excludes halogenated alkanes) is 2. The number of cyclic esters (lactones) is 1. The molecule has 22 nitrogen and oxygen atoms in total. The minimum absolute atomic E-state index is 0.0408. The number of hydrogen-bond donors (Lipinski definition) is 7. The van der Waals surface area contributed by atoms with Crippen LogP contribution in [0.3, 0.4) is 0 Å². The lowest BCUT2D eigenvalue weighted by molar-refractivity contribution is -0.172. The van der Waals surface area contributed by atoms with Crippen molar-refractivity contribution in [2.24, 2.45) is 0 Å². The van der Waals surface area contributed by atoms with Gasteiger partial charge in [-0.15, -0.1) is 0 Å². The molecule has 8 amide bonds. The lowest BCUT2D eigenvalue weighted by Crippen LogP contribution is -2.52. The van der Waals surface area contributed by atoms with Crippen LogP contribution in [0.25, 0.3) is 22.3 Å². The van der Waals surface area contributed by atoms with Crippen LogP contribution in [-0.2, 0) is 84.2 Å². The largest absolute Gasteiger partial charge is 0.458 e. The molecule has 4 aromatic rings. The third-order valence-electron chi connectivity index (χ3n) is 14.8. The van der Waals surface area contributed by atoms with Gasteiger partial charge in [-0.05, 0) is 67.7 Å². The lowest BCUT2D eigenvalue weighted by atomic mass is 9.79. The van der Waals surface area contributed by atoms with Gasteiger partial charge in [-0.25, -0.2) is 14.2 Å². The van der Waals surface area contributed by atoms with E-state index in [4.69, 9.17) is 26.1 Å². The van der Waals surface area contributed by atoms with Crippen molar-refractivity contribution < 1.29 is 62.1 Å². The highest BCUT2D eigenvalue weighted by Gasteiger charge is 2.52. The number of imide groups is 1. The molecule has 1 fully saturated rings. The van der Waals surface area contributed by atoms with Gasteiger partial charge in [0, 0.05) is 66.6 Å². The number of pyridine rings is 2. The maximum atomic E-state index is 15.3. The van der Waals surface area contributed by atoms with Gasteiger partial charge in [0.1, 0.15) is 30.8 Å². The smallest absolute Gasteiger partial charge is 0.343 e. The van der Waals surface area contributed by atoms with Gasteiger partial charge in [0.15, 0.2) is 5.60 Å². The van der Waals surface area contributed by atoms with Crippen LogP contribution in [-0.4, -0.2) is 124 Å². The number of aromatic nitrogens is 2. The molecule has 5 aliphatic rings. The van der Waals surface area contributed by atoms with Crippen molar-refractivity contribution in [1.82, 2.24) is 46.4 Å². The number of amides is 8. The zero-order chi connectivity index (χ0) is 55.5. The highest BCUT2D eigenvalue weighted by molar-refractivity contribution is 6.32. The molecule has 410 valence electrons. The zero-order valence-corrected chi connectivity index (χ0v) is 43.3.